The summed E-state index contributed by atoms with van der Waals surface area (Å²) in [5, 5.41) is 0. The molecule has 0 saturated carbocycles. The fraction of sp³-hybridized carbons (Fsp3) is 0.353. The molecular weight excluding hydrogens is 248 g/mol. The molecule has 20 heavy (non-hydrogen) atoms. The van der Waals surface area contributed by atoms with Gasteiger partial charge in [0, 0.05) is 35.5 Å². The van der Waals surface area contributed by atoms with Crippen molar-refractivity contribution in [1.29, 1.82) is 0 Å². The summed E-state index contributed by atoms with van der Waals surface area (Å²) >= 11 is 0. The van der Waals surface area contributed by atoms with Crippen LogP contribution in [-0.4, -0.2) is 12.1 Å². The predicted molar refractivity (Wildman–Crippen MR) is 82.1 cm³/mol. The molecule has 2 N–H and O–H groups in total. The molecule has 2 rings (SSSR count). The molecule has 1 aromatic heterocycles. The molecule has 1 aromatic carbocycles. The van der Waals surface area contributed by atoms with Gasteiger partial charge in [0.1, 0.15) is 5.75 Å². The Morgan fingerprint density at radius 3 is 2.65 bits per heavy atom. The summed E-state index contributed by atoms with van der Waals surface area (Å²) in [6.45, 7) is 6.12. The van der Waals surface area contributed by atoms with Crippen molar-refractivity contribution in [2.45, 2.75) is 33.2 Å². The minimum absolute atomic E-state index is 0.0477. The van der Waals surface area contributed by atoms with Crippen molar-refractivity contribution in [3.63, 3.8) is 0 Å². The van der Waals surface area contributed by atoms with E-state index in [0.717, 1.165) is 28.1 Å². The molecule has 0 aliphatic carbocycles. The normalized spacial score (nSPS) is 12.2. The van der Waals surface area contributed by atoms with Gasteiger partial charge in [-0.1, -0.05) is 29.8 Å². The van der Waals surface area contributed by atoms with E-state index in [4.69, 9.17) is 10.5 Å². The molecule has 1 unspecified atom stereocenters. The molecule has 0 aliphatic rings. The van der Waals surface area contributed by atoms with Crippen LogP contribution in [0.3, 0.4) is 0 Å². The van der Waals surface area contributed by atoms with E-state index < -0.39 is 0 Å². The third kappa shape index (κ3) is 2.99. The molecule has 1 atom stereocenters. The van der Waals surface area contributed by atoms with Gasteiger partial charge in [0.05, 0.1) is 7.11 Å². The summed E-state index contributed by atoms with van der Waals surface area (Å²) in [4.78, 5) is 4.51. The zero-order chi connectivity index (χ0) is 14.7. The van der Waals surface area contributed by atoms with Gasteiger partial charge in [0.25, 0.3) is 0 Å². The number of hydrogen-bond donors (Lipinski definition) is 1. The van der Waals surface area contributed by atoms with Crippen LogP contribution < -0.4 is 10.5 Å². The second kappa shape index (κ2) is 6.06. The van der Waals surface area contributed by atoms with Crippen molar-refractivity contribution in [2.75, 3.05) is 7.11 Å². The Morgan fingerprint density at radius 2 is 2.00 bits per heavy atom. The molecule has 0 bridgehead atoms. The zero-order valence-corrected chi connectivity index (χ0v) is 12.6. The quantitative estimate of drug-likeness (QED) is 0.927. The molecule has 0 saturated heterocycles. The molecule has 0 aliphatic heterocycles. The Hall–Kier alpha value is -1.87. The van der Waals surface area contributed by atoms with Crippen molar-refractivity contribution in [1.82, 2.24) is 4.98 Å². The molecule has 3 heteroatoms. The van der Waals surface area contributed by atoms with Crippen LogP contribution in [-0.2, 0) is 6.42 Å². The molecule has 106 valence electrons. The van der Waals surface area contributed by atoms with E-state index in [-0.39, 0.29) is 6.04 Å². The van der Waals surface area contributed by atoms with Gasteiger partial charge in [-0.3, -0.25) is 4.98 Å². The monoisotopic (exact) mass is 270 g/mol. The van der Waals surface area contributed by atoms with Gasteiger partial charge in [0.2, 0.25) is 0 Å². The van der Waals surface area contributed by atoms with Crippen molar-refractivity contribution in [2.24, 2.45) is 5.73 Å². The topological polar surface area (TPSA) is 48.1 Å². The van der Waals surface area contributed by atoms with Crippen LogP contribution in [0.5, 0.6) is 5.75 Å². The molecule has 2 aromatic rings. The van der Waals surface area contributed by atoms with Gasteiger partial charge in [-0.25, -0.2) is 0 Å². The van der Waals surface area contributed by atoms with E-state index >= 15 is 0 Å². The van der Waals surface area contributed by atoms with E-state index in [0.29, 0.717) is 6.42 Å². The number of hydrogen-bond acceptors (Lipinski definition) is 3. The first kappa shape index (κ1) is 14.5. The van der Waals surface area contributed by atoms with Gasteiger partial charge < -0.3 is 10.5 Å². The Labute approximate surface area is 120 Å². The number of rotatable bonds is 4. The molecule has 0 radical (unpaired) electrons. The first-order chi connectivity index (χ1) is 9.52. The van der Waals surface area contributed by atoms with Crippen LogP contribution in [0.2, 0.25) is 0 Å². The standard InChI is InChI=1S/C17H22N2O/c1-11-6-5-7-14(8-11)15(18)9-16-13(3)17(20-4)12(2)10-19-16/h5-8,10,15H,9,18H2,1-4H3. The maximum absolute atomic E-state index is 6.31. The smallest absolute Gasteiger partial charge is 0.128 e. The Morgan fingerprint density at radius 1 is 1.25 bits per heavy atom. The molecule has 1 heterocycles. The van der Waals surface area contributed by atoms with Gasteiger partial charge in [-0.15, -0.1) is 0 Å². The number of aromatic nitrogens is 1. The van der Waals surface area contributed by atoms with Gasteiger partial charge in [-0.05, 0) is 26.3 Å². The third-order valence-electron chi connectivity index (χ3n) is 3.63. The van der Waals surface area contributed by atoms with E-state index in [9.17, 15) is 0 Å². The van der Waals surface area contributed by atoms with Crippen LogP contribution in [0.15, 0.2) is 30.5 Å². The minimum Gasteiger partial charge on any atom is -0.496 e. The maximum atomic E-state index is 6.31. The van der Waals surface area contributed by atoms with Crippen LogP contribution in [0, 0.1) is 20.8 Å². The van der Waals surface area contributed by atoms with Crippen molar-refractivity contribution >= 4 is 0 Å². The lowest BCUT2D eigenvalue weighted by Crippen LogP contribution is -2.15. The highest BCUT2D eigenvalue weighted by molar-refractivity contribution is 5.41. The summed E-state index contributed by atoms with van der Waals surface area (Å²) in [6, 6.07) is 8.27. The molecule has 0 fully saturated rings. The Bertz CT molecular complexity index is 608. The maximum Gasteiger partial charge on any atom is 0.128 e. The first-order valence-electron chi connectivity index (χ1n) is 6.84. The second-order valence-corrected chi connectivity index (χ2v) is 5.27. The highest BCUT2D eigenvalue weighted by Crippen LogP contribution is 2.26. The summed E-state index contributed by atoms with van der Waals surface area (Å²) < 4.78 is 5.44. The highest BCUT2D eigenvalue weighted by Gasteiger charge is 2.14. The lowest BCUT2D eigenvalue weighted by molar-refractivity contribution is 0.406. The van der Waals surface area contributed by atoms with Crippen LogP contribution >= 0.6 is 0 Å². The van der Waals surface area contributed by atoms with Crippen molar-refractivity contribution in [3.05, 3.63) is 58.4 Å². The number of benzene rings is 1. The fourth-order valence-corrected chi connectivity index (χ4v) is 2.50. The molecule has 3 nitrogen and oxygen atoms in total. The summed E-state index contributed by atoms with van der Waals surface area (Å²) in [5.74, 6) is 0.909. The number of pyridine rings is 1. The summed E-state index contributed by atoms with van der Waals surface area (Å²) in [6.07, 6.45) is 2.57. The van der Waals surface area contributed by atoms with Crippen LogP contribution in [0.25, 0.3) is 0 Å². The lowest BCUT2D eigenvalue weighted by atomic mass is 9.98. The van der Waals surface area contributed by atoms with E-state index in [1.807, 2.05) is 26.1 Å². The zero-order valence-electron chi connectivity index (χ0n) is 12.6. The fourth-order valence-electron chi connectivity index (χ4n) is 2.50. The Balaban J connectivity index is 2.26. The summed E-state index contributed by atoms with van der Waals surface area (Å²) in [7, 11) is 1.69. The van der Waals surface area contributed by atoms with Crippen LogP contribution in [0.4, 0.5) is 0 Å². The van der Waals surface area contributed by atoms with Gasteiger partial charge in [-0.2, -0.15) is 0 Å². The predicted octanol–water partition coefficient (Wildman–Crippen LogP) is 3.26. The largest absolute Gasteiger partial charge is 0.496 e. The molecule has 0 spiro atoms. The number of nitrogens with two attached hydrogens (primary N) is 1. The third-order valence-corrected chi connectivity index (χ3v) is 3.63. The number of methoxy groups -OCH3 is 1. The van der Waals surface area contributed by atoms with Crippen molar-refractivity contribution < 1.29 is 4.74 Å². The van der Waals surface area contributed by atoms with Gasteiger partial charge >= 0.3 is 0 Å². The SMILES string of the molecule is COc1c(C)cnc(CC(N)c2cccc(C)c2)c1C. The lowest BCUT2D eigenvalue weighted by Gasteiger charge is -2.16. The molecule has 0 amide bonds. The van der Waals surface area contributed by atoms with E-state index in [1.54, 1.807) is 7.11 Å². The van der Waals surface area contributed by atoms with E-state index in [1.165, 1.54) is 5.56 Å². The van der Waals surface area contributed by atoms with E-state index in [2.05, 4.69) is 30.1 Å². The van der Waals surface area contributed by atoms with Crippen LogP contribution in [0.1, 0.15) is 34.0 Å². The number of aryl methyl sites for hydroxylation is 2. The number of nitrogens with zero attached hydrogens (tertiary/aromatic N) is 1. The Kier molecular flexibility index (Phi) is 4.40. The highest BCUT2D eigenvalue weighted by atomic mass is 16.5. The average molecular weight is 270 g/mol. The molecular formula is C17H22N2O. The first-order valence-corrected chi connectivity index (χ1v) is 6.84. The second-order valence-electron chi connectivity index (χ2n) is 5.27. The van der Waals surface area contributed by atoms with Gasteiger partial charge in [0.15, 0.2) is 0 Å². The number of ether oxygens (including phenoxy) is 1. The average Bonchev–Trinajstić information content (AvgIpc) is 2.42. The summed E-state index contributed by atoms with van der Waals surface area (Å²) in [5.41, 5.74) is 11.8. The van der Waals surface area contributed by atoms with Crippen molar-refractivity contribution in [3.8, 4) is 5.75 Å². The minimum atomic E-state index is -0.0477.